The predicted molar refractivity (Wildman–Crippen MR) is 116 cm³/mol. The molecule has 0 spiro atoms. The third-order valence-electron chi connectivity index (χ3n) is 5.95. The summed E-state index contributed by atoms with van der Waals surface area (Å²) in [6.45, 7) is 8.94. The fraction of sp³-hybridized carbons (Fsp3) is 0.375. The lowest BCUT2D eigenvalue weighted by molar-refractivity contribution is -0.138. The molecule has 6 nitrogen and oxygen atoms in total. The first-order valence-electron chi connectivity index (χ1n) is 10.5. The van der Waals surface area contributed by atoms with Crippen molar-refractivity contribution in [3.05, 3.63) is 71.4 Å². The van der Waals surface area contributed by atoms with Crippen molar-refractivity contribution in [2.24, 2.45) is 0 Å². The zero-order chi connectivity index (χ0) is 22.0. The highest BCUT2D eigenvalue weighted by Gasteiger charge is 2.35. The number of carbonyl (C=O) groups is 1. The average molecular weight is 423 g/mol. The maximum absolute atomic E-state index is 13.8. The van der Waals surface area contributed by atoms with Crippen LogP contribution in [0.1, 0.15) is 30.9 Å². The lowest BCUT2D eigenvalue weighted by Crippen LogP contribution is -2.52. The lowest BCUT2D eigenvalue weighted by atomic mass is 9.83. The second-order valence-electron chi connectivity index (χ2n) is 8.54. The highest BCUT2D eigenvalue weighted by Crippen LogP contribution is 2.26. The Bertz CT molecular complexity index is 1060. The Hall–Kier alpha value is -3.06. The summed E-state index contributed by atoms with van der Waals surface area (Å²) < 4.78 is 19.2. The van der Waals surface area contributed by atoms with E-state index in [9.17, 15) is 9.18 Å². The Morgan fingerprint density at radius 1 is 1.10 bits per heavy atom. The molecule has 1 aromatic heterocycles. The summed E-state index contributed by atoms with van der Waals surface area (Å²) in [6.07, 6.45) is 0. The molecule has 1 aliphatic rings. The minimum Gasteiger partial charge on any atom is -0.339 e. The maximum atomic E-state index is 13.8. The molecule has 2 heterocycles. The van der Waals surface area contributed by atoms with Crippen LogP contribution in [-0.4, -0.2) is 52.0 Å². The number of benzene rings is 2. The van der Waals surface area contributed by atoms with Crippen LogP contribution < -0.4 is 0 Å². The first-order valence-corrected chi connectivity index (χ1v) is 10.5. The first kappa shape index (κ1) is 21.2. The zero-order valence-electron chi connectivity index (χ0n) is 18.1. The molecule has 0 aliphatic carbocycles. The van der Waals surface area contributed by atoms with Crippen molar-refractivity contribution in [2.75, 3.05) is 26.2 Å². The van der Waals surface area contributed by atoms with Crippen LogP contribution in [0.25, 0.3) is 11.4 Å². The Kier molecular flexibility index (Phi) is 5.87. The number of carbonyl (C=O) groups excluding carboxylic acids is 1. The van der Waals surface area contributed by atoms with Gasteiger partial charge in [0.15, 0.2) is 0 Å². The van der Waals surface area contributed by atoms with E-state index in [1.165, 1.54) is 6.07 Å². The molecular weight excluding hydrogens is 395 g/mol. The van der Waals surface area contributed by atoms with E-state index in [2.05, 4.69) is 15.0 Å². The number of nitrogens with zero attached hydrogens (tertiary/aromatic N) is 4. The van der Waals surface area contributed by atoms with Gasteiger partial charge in [-0.25, -0.2) is 4.39 Å². The van der Waals surface area contributed by atoms with Crippen LogP contribution in [-0.2, 0) is 16.8 Å². The molecule has 31 heavy (non-hydrogen) atoms. The normalized spacial score (nSPS) is 15.3. The molecule has 3 aromatic rings. The number of aromatic nitrogens is 2. The molecular formula is C24H27FN4O2. The number of hydrogen-bond donors (Lipinski definition) is 0. The quantitative estimate of drug-likeness (QED) is 0.626. The number of aryl methyl sites for hydroxylation is 1. The van der Waals surface area contributed by atoms with Gasteiger partial charge in [-0.1, -0.05) is 47.6 Å². The summed E-state index contributed by atoms with van der Waals surface area (Å²) >= 11 is 0. The number of piperazine rings is 1. The van der Waals surface area contributed by atoms with Crippen molar-refractivity contribution in [1.29, 1.82) is 0 Å². The standard InChI is InChI=1S/C24H27FN4O2/c1-17-9-10-18(15-20(17)25)22-26-21(31-27-22)16-28-11-13-29(14-12-28)23(30)24(2,3)19-7-5-4-6-8-19/h4-10,15H,11-14,16H2,1-3H3. The van der Waals surface area contributed by atoms with E-state index in [1.54, 1.807) is 19.1 Å². The number of hydrogen-bond acceptors (Lipinski definition) is 5. The smallest absolute Gasteiger partial charge is 0.241 e. The lowest BCUT2D eigenvalue weighted by Gasteiger charge is -2.38. The molecule has 0 saturated carbocycles. The molecule has 0 unspecified atom stereocenters. The van der Waals surface area contributed by atoms with Gasteiger partial charge in [0.05, 0.1) is 12.0 Å². The summed E-state index contributed by atoms with van der Waals surface area (Å²) in [7, 11) is 0. The van der Waals surface area contributed by atoms with Gasteiger partial charge < -0.3 is 9.42 Å². The van der Waals surface area contributed by atoms with Gasteiger partial charge in [0, 0.05) is 31.7 Å². The summed E-state index contributed by atoms with van der Waals surface area (Å²) in [5, 5.41) is 3.99. The number of halogens is 1. The van der Waals surface area contributed by atoms with Crippen LogP contribution in [0.4, 0.5) is 4.39 Å². The highest BCUT2D eigenvalue weighted by atomic mass is 19.1. The molecule has 4 rings (SSSR count). The van der Waals surface area contributed by atoms with Crippen molar-refractivity contribution in [3.8, 4) is 11.4 Å². The topological polar surface area (TPSA) is 62.5 Å². The molecule has 162 valence electrons. The van der Waals surface area contributed by atoms with E-state index < -0.39 is 5.41 Å². The zero-order valence-corrected chi connectivity index (χ0v) is 18.1. The van der Waals surface area contributed by atoms with Crippen molar-refractivity contribution in [2.45, 2.75) is 32.7 Å². The highest BCUT2D eigenvalue weighted by molar-refractivity contribution is 5.87. The van der Waals surface area contributed by atoms with E-state index in [1.807, 2.05) is 49.1 Å². The van der Waals surface area contributed by atoms with Crippen LogP contribution >= 0.6 is 0 Å². The van der Waals surface area contributed by atoms with E-state index in [-0.39, 0.29) is 11.7 Å². The number of amides is 1. The first-order chi connectivity index (χ1) is 14.8. The molecule has 0 bridgehead atoms. The Morgan fingerprint density at radius 3 is 2.48 bits per heavy atom. The van der Waals surface area contributed by atoms with Crippen LogP contribution in [0, 0.1) is 12.7 Å². The van der Waals surface area contributed by atoms with Gasteiger partial charge in [-0.15, -0.1) is 0 Å². The summed E-state index contributed by atoms with van der Waals surface area (Å²) in [5.74, 6) is 0.718. The Balaban J connectivity index is 1.35. The molecule has 7 heteroatoms. The molecule has 1 fully saturated rings. The SMILES string of the molecule is Cc1ccc(-c2noc(CN3CCN(C(=O)C(C)(C)c4ccccc4)CC3)n2)cc1F. The summed E-state index contributed by atoms with van der Waals surface area (Å²) in [5.41, 5.74) is 1.63. The summed E-state index contributed by atoms with van der Waals surface area (Å²) in [6, 6.07) is 14.8. The van der Waals surface area contributed by atoms with Gasteiger partial charge in [-0.05, 0) is 38.0 Å². The Labute approximate surface area is 181 Å². The second-order valence-corrected chi connectivity index (χ2v) is 8.54. The van der Waals surface area contributed by atoms with Crippen molar-refractivity contribution in [3.63, 3.8) is 0 Å². The van der Waals surface area contributed by atoms with Crippen molar-refractivity contribution in [1.82, 2.24) is 19.9 Å². The van der Waals surface area contributed by atoms with E-state index in [4.69, 9.17) is 4.52 Å². The minimum absolute atomic E-state index is 0.139. The molecule has 1 saturated heterocycles. The van der Waals surface area contributed by atoms with Crippen molar-refractivity contribution >= 4 is 5.91 Å². The van der Waals surface area contributed by atoms with Crippen LogP contribution in [0.2, 0.25) is 0 Å². The molecule has 2 aromatic carbocycles. The van der Waals surface area contributed by atoms with Gasteiger partial charge in [0.25, 0.3) is 0 Å². The van der Waals surface area contributed by atoms with Crippen LogP contribution in [0.3, 0.4) is 0 Å². The van der Waals surface area contributed by atoms with Gasteiger partial charge >= 0.3 is 0 Å². The van der Waals surface area contributed by atoms with E-state index in [0.717, 1.165) is 18.7 Å². The van der Waals surface area contributed by atoms with Gasteiger partial charge in [0.1, 0.15) is 5.82 Å². The van der Waals surface area contributed by atoms with Crippen LogP contribution in [0.15, 0.2) is 53.1 Å². The predicted octanol–water partition coefficient (Wildman–Crippen LogP) is 3.81. The van der Waals surface area contributed by atoms with Crippen LogP contribution in [0.5, 0.6) is 0 Å². The Morgan fingerprint density at radius 2 is 1.81 bits per heavy atom. The van der Waals surface area contributed by atoms with Crippen molar-refractivity contribution < 1.29 is 13.7 Å². The molecule has 1 amide bonds. The minimum atomic E-state index is -0.561. The van der Waals surface area contributed by atoms with Gasteiger partial charge in [-0.2, -0.15) is 4.98 Å². The maximum Gasteiger partial charge on any atom is 0.241 e. The van der Waals surface area contributed by atoms with E-state index >= 15 is 0 Å². The number of rotatable bonds is 5. The molecule has 0 atom stereocenters. The fourth-order valence-corrected chi connectivity index (χ4v) is 3.84. The third kappa shape index (κ3) is 4.51. The monoisotopic (exact) mass is 422 g/mol. The average Bonchev–Trinajstić information content (AvgIpc) is 3.25. The molecule has 0 radical (unpaired) electrons. The molecule has 0 N–H and O–H groups in total. The fourth-order valence-electron chi connectivity index (χ4n) is 3.84. The summed E-state index contributed by atoms with van der Waals surface area (Å²) in [4.78, 5) is 21.7. The van der Waals surface area contributed by atoms with Gasteiger partial charge in [-0.3, -0.25) is 9.69 Å². The second kappa shape index (κ2) is 8.59. The molecule has 1 aliphatic heterocycles. The third-order valence-corrected chi connectivity index (χ3v) is 5.95. The van der Waals surface area contributed by atoms with E-state index in [0.29, 0.717) is 42.5 Å². The van der Waals surface area contributed by atoms with Gasteiger partial charge in [0.2, 0.25) is 17.6 Å². The largest absolute Gasteiger partial charge is 0.339 e.